The summed E-state index contributed by atoms with van der Waals surface area (Å²) >= 11 is 0. The Morgan fingerprint density at radius 2 is 1.74 bits per heavy atom. The second kappa shape index (κ2) is 9.05. The van der Waals surface area contributed by atoms with Crippen LogP contribution in [0.15, 0.2) is 23.8 Å². The van der Waals surface area contributed by atoms with Crippen LogP contribution in [-0.4, -0.2) is 35.9 Å². The van der Waals surface area contributed by atoms with Crippen molar-refractivity contribution >= 4 is 11.9 Å². The number of aliphatic hydroxyl groups excluding tert-OH is 1. The number of aliphatic hydroxyl groups is 1. The molecule has 0 radical (unpaired) electrons. The van der Waals surface area contributed by atoms with Gasteiger partial charge in [0.1, 0.15) is 6.10 Å². The van der Waals surface area contributed by atoms with E-state index in [-0.39, 0.29) is 23.9 Å². The number of hydrogen-bond acceptors (Lipinski definition) is 5. The highest BCUT2D eigenvalue weighted by Gasteiger charge is 2.44. The van der Waals surface area contributed by atoms with Crippen molar-refractivity contribution in [2.24, 2.45) is 16.7 Å². The second-order valence-electron chi connectivity index (χ2n) is 9.24. The standard InChI is InChI=1S/C22H36O5/c1-14(2)12-22(8,21(5,6)7)20(25)26-13-16-9-10-18(17(23)11-16)27-19(24)15(3)4/h12,16-18,23H,3,9-11,13H2,1-2,4-8H3. The van der Waals surface area contributed by atoms with Gasteiger partial charge in [0, 0.05) is 5.57 Å². The minimum Gasteiger partial charge on any atom is -0.465 e. The molecule has 5 heteroatoms. The Kier molecular flexibility index (Phi) is 7.85. The van der Waals surface area contributed by atoms with Gasteiger partial charge < -0.3 is 14.6 Å². The average Bonchev–Trinajstić information content (AvgIpc) is 2.52. The summed E-state index contributed by atoms with van der Waals surface area (Å²) in [7, 11) is 0. The van der Waals surface area contributed by atoms with Crippen LogP contribution in [0, 0.1) is 16.7 Å². The van der Waals surface area contributed by atoms with Crippen molar-refractivity contribution in [2.45, 2.75) is 79.9 Å². The van der Waals surface area contributed by atoms with Crippen molar-refractivity contribution in [3.8, 4) is 0 Å². The Hall–Kier alpha value is -1.62. The van der Waals surface area contributed by atoms with Gasteiger partial charge in [-0.15, -0.1) is 0 Å². The van der Waals surface area contributed by atoms with Crippen molar-refractivity contribution in [3.63, 3.8) is 0 Å². The Balaban J connectivity index is 2.66. The first-order chi connectivity index (χ1) is 12.3. The third-order valence-electron chi connectivity index (χ3n) is 5.48. The van der Waals surface area contributed by atoms with Crippen LogP contribution in [0.3, 0.4) is 0 Å². The van der Waals surface area contributed by atoms with E-state index in [0.717, 1.165) is 12.0 Å². The molecule has 4 atom stereocenters. The first-order valence-electron chi connectivity index (χ1n) is 9.65. The quantitative estimate of drug-likeness (QED) is 0.425. The third-order valence-corrected chi connectivity index (χ3v) is 5.48. The summed E-state index contributed by atoms with van der Waals surface area (Å²) in [5.74, 6) is -0.673. The van der Waals surface area contributed by atoms with Gasteiger partial charge in [-0.25, -0.2) is 4.79 Å². The summed E-state index contributed by atoms with van der Waals surface area (Å²) in [6, 6.07) is 0. The molecular weight excluding hydrogens is 344 g/mol. The lowest BCUT2D eigenvalue weighted by molar-refractivity contribution is -0.162. The molecule has 154 valence electrons. The van der Waals surface area contributed by atoms with Crippen molar-refractivity contribution < 1.29 is 24.2 Å². The fraction of sp³-hybridized carbons (Fsp3) is 0.727. The zero-order chi connectivity index (χ0) is 21.0. The number of allylic oxidation sites excluding steroid dienone is 1. The molecule has 0 heterocycles. The van der Waals surface area contributed by atoms with Gasteiger partial charge in [0.05, 0.1) is 18.1 Å². The molecule has 0 bridgehead atoms. The summed E-state index contributed by atoms with van der Waals surface area (Å²) in [5, 5.41) is 10.3. The zero-order valence-corrected chi connectivity index (χ0v) is 17.9. The fourth-order valence-electron chi connectivity index (χ4n) is 3.23. The lowest BCUT2D eigenvalue weighted by Gasteiger charge is -2.38. The monoisotopic (exact) mass is 380 g/mol. The predicted octanol–water partition coefficient (Wildman–Crippen LogP) is 4.20. The lowest BCUT2D eigenvalue weighted by Crippen LogP contribution is -2.42. The molecular formula is C22H36O5. The molecule has 1 rings (SSSR count). The molecule has 0 saturated heterocycles. The van der Waals surface area contributed by atoms with E-state index in [0.29, 0.717) is 18.4 Å². The second-order valence-corrected chi connectivity index (χ2v) is 9.24. The Morgan fingerprint density at radius 1 is 1.15 bits per heavy atom. The molecule has 5 nitrogen and oxygen atoms in total. The lowest BCUT2D eigenvalue weighted by atomic mass is 9.67. The van der Waals surface area contributed by atoms with E-state index in [1.165, 1.54) is 0 Å². The van der Waals surface area contributed by atoms with Gasteiger partial charge in [0.2, 0.25) is 0 Å². The maximum atomic E-state index is 12.8. The van der Waals surface area contributed by atoms with Gasteiger partial charge >= 0.3 is 11.9 Å². The maximum absolute atomic E-state index is 12.8. The number of carbonyl (C=O) groups excluding carboxylic acids is 2. The molecule has 0 aromatic heterocycles. The Morgan fingerprint density at radius 3 is 2.19 bits per heavy atom. The normalized spacial score (nSPS) is 25.1. The molecule has 1 fully saturated rings. The number of esters is 2. The number of rotatable bonds is 6. The predicted molar refractivity (Wildman–Crippen MR) is 106 cm³/mol. The maximum Gasteiger partial charge on any atom is 0.333 e. The van der Waals surface area contributed by atoms with Gasteiger partial charge in [0.15, 0.2) is 0 Å². The van der Waals surface area contributed by atoms with Crippen LogP contribution in [-0.2, 0) is 19.1 Å². The molecule has 0 spiro atoms. The first-order valence-corrected chi connectivity index (χ1v) is 9.65. The van der Waals surface area contributed by atoms with E-state index in [2.05, 4.69) is 6.58 Å². The summed E-state index contributed by atoms with van der Waals surface area (Å²) in [6.45, 7) is 17.3. The highest BCUT2D eigenvalue weighted by molar-refractivity contribution is 5.87. The Bertz CT molecular complexity index is 594. The minimum atomic E-state index is -0.752. The van der Waals surface area contributed by atoms with Gasteiger partial charge in [-0.1, -0.05) is 39.0 Å². The molecule has 1 aliphatic rings. The summed E-state index contributed by atoms with van der Waals surface area (Å²) in [6.07, 6.45) is 2.42. The van der Waals surface area contributed by atoms with Crippen LogP contribution in [0.25, 0.3) is 0 Å². The van der Waals surface area contributed by atoms with Crippen molar-refractivity contribution in [1.82, 2.24) is 0 Å². The molecule has 1 saturated carbocycles. The van der Waals surface area contributed by atoms with E-state index in [9.17, 15) is 14.7 Å². The molecule has 0 aromatic rings. The van der Waals surface area contributed by atoms with Gasteiger partial charge in [-0.2, -0.15) is 0 Å². The van der Waals surface area contributed by atoms with Crippen LogP contribution in [0.4, 0.5) is 0 Å². The number of hydrogen-bond donors (Lipinski definition) is 1. The molecule has 1 N–H and O–H groups in total. The van der Waals surface area contributed by atoms with Crippen molar-refractivity contribution in [3.05, 3.63) is 23.8 Å². The zero-order valence-electron chi connectivity index (χ0n) is 17.9. The van der Waals surface area contributed by atoms with Crippen LogP contribution < -0.4 is 0 Å². The van der Waals surface area contributed by atoms with E-state index < -0.39 is 23.6 Å². The van der Waals surface area contributed by atoms with Crippen LogP contribution in [0.5, 0.6) is 0 Å². The van der Waals surface area contributed by atoms with Crippen LogP contribution in [0.2, 0.25) is 0 Å². The van der Waals surface area contributed by atoms with E-state index >= 15 is 0 Å². The highest BCUT2D eigenvalue weighted by atomic mass is 16.6. The molecule has 27 heavy (non-hydrogen) atoms. The molecule has 4 unspecified atom stereocenters. The van der Waals surface area contributed by atoms with Gasteiger partial charge in [0.25, 0.3) is 0 Å². The van der Waals surface area contributed by atoms with Crippen LogP contribution >= 0.6 is 0 Å². The van der Waals surface area contributed by atoms with Gasteiger partial charge in [-0.3, -0.25) is 4.79 Å². The third kappa shape index (κ3) is 6.20. The largest absolute Gasteiger partial charge is 0.465 e. The Labute approximate surface area is 163 Å². The topological polar surface area (TPSA) is 72.8 Å². The summed E-state index contributed by atoms with van der Waals surface area (Å²) in [5.41, 5.74) is 0.382. The number of carbonyl (C=O) groups is 2. The SMILES string of the molecule is C=C(C)C(=O)OC1CCC(COC(=O)C(C)(C=C(C)C)C(C)(C)C)CC1O. The molecule has 1 aliphatic carbocycles. The average molecular weight is 381 g/mol. The molecule has 0 aliphatic heterocycles. The van der Waals surface area contributed by atoms with Crippen molar-refractivity contribution in [2.75, 3.05) is 6.61 Å². The van der Waals surface area contributed by atoms with E-state index in [1.807, 2.05) is 47.6 Å². The molecule has 0 aromatic carbocycles. The smallest absolute Gasteiger partial charge is 0.333 e. The number of ether oxygens (including phenoxy) is 2. The van der Waals surface area contributed by atoms with Gasteiger partial charge in [-0.05, 0) is 58.3 Å². The molecule has 0 amide bonds. The van der Waals surface area contributed by atoms with Crippen molar-refractivity contribution in [1.29, 1.82) is 0 Å². The fourth-order valence-corrected chi connectivity index (χ4v) is 3.23. The summed E-state index contributed by atoms with van der Waals surface area (Å²) in [4.78, 5) is 24.5. The highest BCUT2D eigenvalue weighted by Crippen LogP contribution is 2.42. The van der Waals surface area contributed by atoms with E-state index in [4.69, 9.17) is 9.47 Å². The summed E-state index contributed by atoms with van der Waals surface area (Å²) < 4.78 is 10.9. The van der Waals surface area contributed by atoms with E-state index in [1.54, 1.807) is 6.92 Å². The first kappa shape index (κ1) is 23.4. The minimum absolute atomic E-state index is 0.0552. The van der Waals surface area contributed by atoms with Crippen LogP contribution in [0.1, 0.15) is 67.7 Å².